The molecule has 21 aromatic rings. The maximum Gasteiger partial charge on any atom is 0.295 e. The Labute approximate surface area is 699 Å². The number of aromatic nitrogens is 9. The molecule has 21 rings (SSSR count). The van der Waals surface area contributed by atoms with Gasteiger partial charge in [0.15, 0.2) is 33.1 Å². The van der Waals surface area contributed by atoms with Crippen LogP contribution in [0.2, 0.25) is 0 Å². The van der Waals surface area contributed by atoms with Crippen molar-refractivity contribution in [1.82, 2.24) is 28.7 Å². The lowest BCUT2D eigenvalue weighted by atomic mass is 9.88. The molecule has 0 aliphatic carbocycles. The first-order chi connectivity index (χ1) is 57.7. The Kier molecular flexibility index (Phi) is 19.8. The van der Waals surface area contributed by atoms with Gasteiger partial charge in [0.25, 0.3) is 17.5 Å². The van der Waals surface area contributed by atoms with Gasteiger partial charge in [0.05, 0.1) is 68.5 Å². The molecule has 0 amide bonds. The lowest BCUT2D eigenvalue weighted by molar-refractivity contribution is -0.634. The van der Waals surface area contributed by atoms with Crippen LogP contribution in [0.25, 0.3) is 180 Å². The molecule has 0 aliphatic rings. The molecular formula is C106H88N9S3+3. The van der Waals surface area contributed by atoms with E-state index in [-0.39, 0.29) is 0 Å². The van der Waals surface area contributed by atoms with Gasteiger partial charge in [-0.2, -0.15) is 13.7 Å². The van der Waals surface area contributed by atoms with Gasteiger partial charge in [0.1, 0.15) is 32.1 Å². The van der Waals surface area contributed by atoms with Gasteiger partial charge in [-0.1, -0.05) is 264 Å². The zero-order valence-electron chi connectivity index (χ0n) is 67.7. The third kappa shape index (κ3) is 13.7. The first kappa shape index (κ1) is 74.7. The smallest absolute Gasteiger partial charge is 0.236 e. The summed E-state index contributed by atoms with van der Waals surface area (Å²) in [6.07, 6.45) is 0. The maximum absolute atomic E-state index is 5.04. The summed E-state index contributed by atoms with van der Waals surface area (Å²) in [5.41, 5.74) is 32.5. The number of nitrogens with zero attached hydrogens (tertiary/aromatic N) is 9. The minimum Gasteiger partial charge on any atom is -0.236 e. The van der Waals surface area contributed by atoms with Crippen LogP contribution in [-0.2, 0) is 21.1 Å². The Morgan fingerprint density at radius 2 is 0.610 bits per heavy atom. The summed E-state index contributed by atoms with van der Waals surface area (Å²) in [5, 5.41) is 5.65. The molecule has 0 N–H and O–H groups in total. The third-order valence-electron chi connectivity index (χ3n) is 23.0. The molecule has 6 aromatic heterocycles. The van der Waals surface area contributed by atoms with Crippen molar-refractivity contribution in [3.05, 3.63) is 368 Å². The lowest BCUT2D eigenvalue weighted by Crippen LogP contribution is -2.30. The van der Waals surface area contributed by atoms with Crippen LogP contribution in [0.4, 0.5) is 0 Å². The molecule has 0 fully saturated rings. The van der Waals surface area contributed by atoms with E-state index in [4.69, 9.17) is 15.0 Å². The third-order valence-corrected chi connectivity index (χ3v) is 26.2. The molecule has 9 nitrogen and oxygen atoms in total. The van der Waals surface area contributed by atoms with E-state index < -0.39 is 0 Å². The second kappa shape index (κ2) is 31.3. The van der Waals surface area contributed by atoms with Gasteiger partial charge in [0, 0.05) is 33.2 Å². The van der Waals surface area contributed by atoms with Crippen molar-refractivity contribution in [2.75, 3.05) is 0 Å². The molecule has 0 bridgehead atoms. The van der Waals surface area contributed by atoms with Crippen LogP contribution in [0.1, 0.15) is 67.3 Å². The zero-order chi connectivity index (χ0) is 80.4. The summed E-state index contributed by atoms with van der Waals surface area (Å²) < 4.78 is 18.0. The second-order valence-electron chi connectivity index (χ2n) is 31.3. The van der Waals surface area contributed by atoms with Gasteiger partial charge in [-0.3, -0.25) is 0 Å². The standard InChI is InChI=1S/C40H38N3S.C34H26N3S.C32H24N3S/c1-25(2)31-22-30(28-15-9-7-10-16-28)23-32(26(3)4)38(31)43-36-20-14-13-19-35(36)42(6)40(43)33-24-37-34(21-27(33)5)41-39(44-37)29-17-11-8-12-18-29;1-23-21-29-32(38-33(35-29)26-13-7-4-8-14-26)22-28(23)34-36(2)30-15-9-10-16-31(30)37(34)27-19-17-25(18-20-27)24-11-5-3-6-12-24;1-21-19-26-30(36-31(33-26)23-12-4-3-5-13-23)20-25(21)32-34(2)28-16-8-9-17-29(28)35(32)27-18-10-14-22-11-6-7-15-24(22)27/h7-26H,1-6H3;3-22H,1-2H3;3-20H,1-2H3/q3*+1. The number of hydrogen-bond donors (Lipinski definition) is 0. The molecule has 572 valence electrons. The number of fused-ring (bicyclic) bond motifs is 7. The maximum atomic E-state index is 5.04. The van der Waals surface area contributed by atoms with Crippen LogP contribution in [0.5, 0.6) is 0 Å². The number of aryl methyl sites for hydroxylation is 6. The van der Waals surface area contributed by atoms with Crippen molar-refractivity contribution in [2.45, 2.75) is 60.3 Å². The van der Waals surface area contributed by atoms with Crippen LogP contribution in [-0.4, -0.2) is 28.7 Å². The van der Waals surface area contributed by atoms with Gasteiger partial charge >= 0.3 is 0 Å². The highest BCUT2D eigenvalue weighted by Gasteiger charge is 2.35. The fourth-order valence-corrected chi connectivity index (χ4v) is 20.1. The summed E-state index contributed by atoms with van der Waals surface area (Å²) >= 11 is 5.28. The highest BCUT2D eigenvalue weighted by Crippen LogP contribution is 2.45. The summed E-state index contributed by atoms with van der Waals surface area (Å²) in [6, 6.07) is 121. The predicted octanol–water partition coefficient (Wildman–Crippen LogP) is 26.9. The molecule has 0 saturated carbocycles. The minimum atomic E-state index is 0.337. The number of rotatable bonds is 13. The summed E-state index contributed by atoms with van der Waals surface area (Å²) in [6.45, 7) is 15.9. The second-order valence-corrected chi connectivity index (χ2v) is 34.4. The van der Waals surface area contributed by atoms with Gasteiger partial charge in [-0.15, -0.1) is 34.0 Å². The molecule has 0 unspecified atom stereocenters. The van der Waals surface area contributed by atoms with Gasteiger partial charge in [-0.05, 0) is 180 Å². The fourth-order valence-electron chi connectivity index (χ4n) is 17.1. The molecule has 118 heavy (non-hydrogen) atoms. The average Bonchev–Trinajstić information content (AvgIpc) is 1.55. The van der Waals surface area contributed by atoms with Crippen molar-refractivity contribution in [3.8, 4) is 105 Å². The summed E-state index contributed by atoms with van der Waals surface area (Å²) in [5.74, 6) is 4.19. The minimum absolute atomic E-state index is 0.337. The van der Waals surface area contributed by atoms with Gasteiger partial charge in [-0.25, -0.2) is 28.7 Å². The monoisotopic (exact) mass is 1580 g/mol. The molecular weight excluding hydrogens is 1500 g/mol. The Morgan fingerprint density at radius 1 is 0.288 bits per heavy atom. The zero-order valence-corrected chi connectivity index (χ0v) is 70.2. The Bertz CT molecular complexity index is 7320. The molecule has 0 spiro atoms. The van der Waals surface area contributed by atoms with E-state index >= 15 is 0 Å². The number of thiazole rings is 3. The normalized spacial score (nSPS) is 11.6. The van der Waals surface area contributed by atoms with E-state index in [1.807, 2.05) is 12.1 Å². The first-order valence-corrected chi connectivity index (χ1v) is 42.9. The van der Waals surface area contributed by atoms with E-state index in [0.29, 0.717) is 11.8 Å². The quantitative estimate of drug-likeness (QED) is 0.108. The summed E-state index contributed by atoms with van der Waals surface area (Å²) in [7, 11) is 6.55. The number of imidazole rings is 3. The van der Waals surface area contributed by atoms with E-state index in [9.17, 15) is 0 Å². The number of para-hydroxylation sites is 6. The van der Waals surface area contributed by atoms with E-state index in [2.05, 4.69) is 425 Å². The molecule has 0 aliphatic heterocycles. The van der Waals surface area contributed by atoms with Crippen molar-refractivity contribution in [1.29, 1.82) is 0 Å². The predicted molar refractivity (Wildman–Crippen MR) is 496 cm³/mol. The fraction of sp³-hybridized carbons (Fsp3) is 0.113. The summed E-state index contributed by atoms with van der Waals surface area (Å²) in [4.78, 5) is 15.0. The Morgan fingerprint density at radius 3 is 1.03 bits per heavy atom. The van der Waals surface area contributed by atoms with Crippen LogP contribution < -0.4 is 13.7 Å². The van der Waals surface area contributed by atoms with E-state index in [1.165, 1.54) is 148 Å². The highest BCUT2D eigenvalue weighted by molar-refractivity contribution is 7.22. The van der Waals surface area contributed by atoms with Gasteiger partial charge < -0.3 is 0 Å². The lowest BCUT2D eigenvalue weighted by Gasteiger charge is -2.21. The van der Waals surface area contributed by atoms with Gasteiger partial charge in [0.2, 0.25) is 0 Å². The molecule has 0 saturated heterocycles. The van der Waals surface area contributed by atoms with Crippen molar-refractivity contribution >= 4 is 109 Å². The number of benzene rings is 15. The average molecular weight is 1580 g/mol. The van der Waals surface area contributed by atoms with E-state index in [0.717, 1.165) is 59.8 Å². The van der Waals surface area contributed by atoms with Crippen LogP contribution in [0.15, 0.2) is 340 Å². The molecule has 6 heterocycles. The first-order valence-electron chi connectivity index (χ1n) is 40.4. The van der Waals surface area contributed by atoms with Crippen LogP contribution in [0, 0.1) is 20.8 Å². The number of hydrogen-bond acceptors (Lipinski definition) is 6. The Balaban J connectivity index is 0.000000118. The molecule has 0 radical (unpaired) electrons. The topological polar surface area (TPSA) is 65.1 Å². The molecule has 0 atom stereocenters. The molecule has 12 heteroatoms. The van der Waals surface area contributed by atoms with Crippen LogP contribution >= 0.6 is 34.0 Å². The van der Waals surface area contributed by atoms with Crippen molar-refractivity contribution < 1.29 is 13.7 Å². The Hall–Kier alpha value is -13.4. The van der Waals surface area contributed by atoms with E-state index in [1.54, 1.807) is 34.0 Å². The largest absolute Gasteiger partial charge is 0.295 e. The highest BCUT2D eigenvalue weighted by atomic mass is 32.1. The van der Waals surface area contributed by atoms with Crippen molar-refractivity contribution in [3.63, 3.8) is 0 Å². The molecule has 15 aromatic carbocycles. The van der Waals surface area contributed by atoms with Crippen LogP contribution in [0.3, 0.4) is 0 Å². The van der Waals surface area contributed by atoms with Crippen molar-refractivity contribution in [2.24, 2.45) is 21.1 Å². The SMILES string of the molecule is Cc1cc2nc(-c3ccccc3)sc2cc1-c1n(-c2c(C(C)C)cc(-c3ccccc3)cc2C(C)C)c2ccccc2[n+]1C.Cc1cc2nc(-c3ccccc3)sc2cc1-c1n(-c2ccc(-c3ccccc3)cc2)c2ccccc2[n+]1C.Cc1cc2nc(-c3ccccc3)sc2cc1-c1n(-c2cccc3ccccc23)c2ccccc2[n+]1C.